The summed E-state index contributed by atoms with van der Waals surface area (Å²) in [7, 11) is 0. The zero-order chi connectivity index (χ0) is 11.5. The molecule has 1 heterocycles. The molecule has 6 heteroatoms. The Morgan fingerprint density at radius 1 is 1.62 bits per heavy atom. The van der Waals surface area contributed by atoms with Crippen molar-refractivity contribution in [3.05, 3.63) is 16.1 Å². The third kappa shape index (κ3) is 3.00. The van der Waals surface area contributed by atoms with Crippen molar-refractivity contribution in [1.29, 1.82) is 0 Å². The molecule has 0 atom stereocenters. The van der Waals surface area contributed by atoms with Crippen LogP contribution in [0.3, 0.4) is 0 Å². The lowest BCUT2D eigenvalue weighted by Crippen LogP contribution is -2.31. The third-order valence-electron chi connectivity index (χ3n) is 2.51. The summed E-state index contributed by atoms with van der Waals surface area (Å²) in [6.07, 6.45) is 6.63. The van der Waals surface area contributed by atoms with E-state index in [1.165, 1.54) is 12.8 Å². The Hall–Kier alpha value is -0.500. The molecule has 0 unspecified atom stereocenters. The van der Waals surface area contributed by atoms with Crippen molar-refractivity contribution in [2.45, 2.75) is 25.3 Å². The number of thiocarbonyl (C=S) groups is 1. The predicted molar refractivity (Wildman–Crippen MR) is 76.5 cm³/mol. The van der Waals surface area contributed by atoms with Gasteiger partial charge in [0, 0.05) is 25.2 Å². The van der Waals surface area contributed by atoms with Gasteiger partial charge in [-0.1, -0.05) is 12.2 Å². The topological polar surface area (TPSA) is 55.0 Å². The molecule has 1 saturated carbocycles. The summed E-state index contributed by atoms with van der Waals surface area (Å²) in [5.74, 6) is 1.01. The molecule has 2 rings (SSSR count). The largest absolute Gasteiger partial charge is 0.393 e. The number of hydrogen-bond acceptors (Lipinski definition) is 4. The first-order valence-electron chi connectivity index (χ1n) is 5.19. The average molecular weight is 348 g/mol. The van der Waals surface area contributed by atoms with Gasteiger partial charge < -0.3 is 10.6 Å². The normalized spacial score (nSPS) is 14.8. The molecule has 1 aliphatic rings. The van der Waals surface area contributed by atoms with Crippen molar-refractivity contribution in [2.24, 2.45) is 5.73 Å². The highest BCUT2D eigenvalue weighted by Crippen LogP contribution is 2.32. The fraction of sp³-hybridized carbons (Fsp3) is 0.500. The zero-order valence-electron chi connectivity index (χ0n) is 8.77. The van der Waals surface area contributed by atoms with Crippen LogP contribution in [0, 0.1) is 3.57 Å². The van der Waals surface area contributed by atoms with Crippen molar-refractivity contribution in [1.82, 2.24) is 9.97 Å². The van der Waals surface area contributed by atoms with Crippen LogP contribution < -0.4 is 10.6 Å². The highest BCUT2D eigenvalue weighted by molar-refractivity contribution is 14.1. The maximum absolute atomic E-state index is 5.55. The van der Waals surface area contributed by atoms with Crippen LogP contribution in [0.5, 0.6) is 0 Å². The van der Waals surface area contributed by atoms with Gasteiger partial charge in [0.15, 0.2) is 0 Å². The van der Waals surface area contributed by atoms with E-state index in [4.69, 9.17) is 18.0 Å². The molecule has 1 fully saturated rings. The van der Waals surface area contributed by atoms with Gasteiger partial charge in [0.2, 0.25) is 0 Å². The molecule has 2 N–H and O–H groups in total. The Bertz CT molecular complexity index is 394. The van der Waals surface area contributed by atoms with Crippen molar-refractivity contribution in [3.8, 4) is 0 Å². The van der Waals surface area contributed by atoms with E-state index in [-0.39, 0.29) is 0 Å². The molecule has 4 nitrogen and oxygen atoms in total. The van der Waals surface area contributed by atoms with Gasteiger partial charge in [0.05, 0.1) is 8.56 Å². The predicted octanol–water partition coefficient (Wildman–Crippen LogP) is 1.73. The van der Waals surface area contributed by atoms with Crippen LogP contribution in [0.15, 0.2) is 12.5 Å². The SMILES string of the molecule is NC(=S)CCN(c1ncncc1I)C1CC1. The van der Waals surface area contributed by atoms with Crippen LogP contribution in [0.25, 0.3) is 0 Å². The molecule has 16 heavy (non-hydrogen) atoms. The summed E-state index contributed by atoms with van der Waals surface area (Å²) in [5.41, 5.74) is 5.55. The lowest BCUT2D eigenvalue weighted by atomic mass is 10.3. The van der Waals surface area contributed by atoms with E-state index in [0.29, 0.717) is 11.0 Å². The number of halogens is 1. The molecular formula is C10H13IN4S. The summed E-state index contributed by atoms with van der Waals surface area (Å²) in [5, 5.41) is 0. The number of nitrogens with two attached hydrogens (primary N) is 1. The van der Waals surface area contributed by atoms with Gasteiger partial charge in [-0.15, -0.1) is 0 Å². The summed E-state index contributed by atoms with van der Waals surface area (Å²) in [4.78, 5) is 11.2. The molecule has 0 spiro atoms. The molecule has 0 amide bonds. The Balaban J connectivity index is 2.12. The molecule has 0 aromatic carbocycles. The minimum Gasteiger partial charge on any atom is -0.393 e. The second-order valence-corrected chi connectivity index (χ2v) is 5.52. The van der Waals surface area contributed by atoms with Crippen molar-refractivity contribution in [3.63, 3.8) is 0 Å². The maximum atomic E-state index is 5.55. The van der Waals surface area contributed by atoms with Crippen LogP contribution >= 0.6 is 34.8 Å². The maximum Gasteiger partial charge on any atom is 0.145 e. The van der Waals surface area contributed by atoms with Gasteiger partial charge in [-0.2, -0.15) is 0 Å². The summed E-state index contributed by atoms with van der Waals surface area (Å²) in [6.45, 7) is 0.854. The van der Waals surface area contributed by atoms with E-state index in [1.54, 1.807) is 6.33 Å². The van der Waals surface area contributed by atoms with Crippen LogP contribution in [0.1, 0.15) is 19.3 Å². The van der Waals surface area contributed by atoms with E-state index >= 15 is 0 Å². The number of anilines is 1. The quantitative estimate of drug-likeness (QED) is 0.649. The highest BCUT2D eigenvalue weighted by atomic mass is 127. The van der Waals surface area contributed by atoms with Crippen molar-refractivity contribution in [2.75, 3.05) is 11.4 Å². The minimum absolute atomic E-state index is 0.565. The van der Waals surface area contributed by atoms with Crippen molar-refractivity contribution >= 4 is 45.6 Å². The molecule has 86 valence electrons. The average Bonchev–Trinajstić information content (AvgIpc) is 3.04. The molecule has 0 aliphatic heterocycles. The number of rotatable bonds is 5. The second-order valence-electron chi connectivity index (χ2n) is 3.84. The monoisotopic (exact) mass is 348 g/mol. The van der Waals surface area contributed by atoms with Gasteiger partial charge in [-0.25, -0.2) is 9.97 Å². The van der Waals surface area contributed by atoms with E-state index in [1.807, 2.05) is 6.20 Å². The smallest absolute Gasteiger partial charge is 0.145 e. The van der Waals surface area contributed by atoms with E-state index in [2.05, 4.69) is 37.5 Å². The van der Waals surface area contributed by atoms with E-state index in [9.17, 15) is 0 Å². The number of nitrogens with zero attached hydrogens (tertiary/aromatic N) is 3. The number of hydrogen-bond donors (Lipinski definition) is 1. The van der Waals surface area contributed by atoms with E-state index < -0.39 is 0 Å². The molecule has 0 bridgehead atoms. The standard InChI is InChI=1S/C10H13IN4S/c11-8-5-13-6-14-10(8)15(7-1-2-7)4-3-9(12)16/h5-7H,1-4H2,(H2,12,16). The molecular weight excluding hydrogens is 335 g/mol. The van der Waals surface area contributed by atoms with Gasteiger partial charge in [0.1, 0.15) is 12.1 Å². The fourth-order valence-electron chi connectivity index (χ4n) is 1.60. The first-order valence-corrected chi connectivity index (χ1v) is 6.67. The van der Waals surface area contributed by atoms with E-state index in [0.717, 1.165) is 22.4 Å². The molecule has 1 aromatic rings. The molecule has 0 saturated heterocycles. The Kier molecular flexibility index (Phi) is 3.91. The van der Waals surface area contributed by atoms with Crippen molar-refractivity contribution < 1.29 is 0 Å². The van der Waals surface area contributed by atoms with Crippen LogP contribution in [0.2, 0.25) is 0 Å². The third-order valence-corrected chi connectivity index (χ3v) is 3.47. The minimum atomic E-state index is 0.565. The molecule has 1 aliphatic carbocycles. The van der Waals surface area contributed by atoms with Crippen LogP contribution in [-0.2, 0) is 0 Å². The zero-order valence-corrected chi connectivity index (χ0v) is 11.7. The fourth-order valence-corrected chi connectivity index (χ4v) is 2.30. The van der Waals surface area contributed by atoms with Gasteiger partial charge in [-0.05, 0) is 35.4 Å². The number of aromatic nitrogens is 2. The first-order chi connectivity index (χ1) is 7.68. The molecule has 0 radical (unpaired) electrons. The highest BCUT2D eigenvalue weighted by Gasteiger charge is 2.30. The lowest BCUT2D eigenvalue weighted by Gasteiger charge is -2.23. The van der Waals surface area contributed by atoms with Gasteiger partial charge >= 0.3 is 0 Å². The Morgan fingerprint density at radius 2 is 2.38 bits per heavy atom. The van der Waals surface area contributed by atoms with Crippen LogP contribution in [0.4, 0.5) is 5.82 Å². The van der Waals surface area contributed by atoms with Gasteiger partial charge in [-0.3, -0.25) is 0 Å². The van der Waals surface area contributed by atoms with Gasteiger partial charge in [0.25, 0.3) is 0 Å². The Labute approximate surface area is 114 Å². The second kappa shape index (κ2) is 5.22. The lowest BCUT2D eigenvalue weighted by molar-refractivity contribution is 0.779. The summed E-state index contributed by atoms with van der Waals surface area (Å²) in [6, 6.07) is 0.609. The molecule has 1 aromatic heterocycles. The van der Waals surface area contributed by atoms with Crippen LogP contribution in [-0.4, -0.2) is 27.5 Å². The summed E-state index contributed by atoms with van der Waals surface area (Å²) < 4.78 is 1.08. The first kappa shape index (κ1) is 12.0. The Morgan fingerprint density at radius 3 is 2.94 bits per heavy atom. The summed E-state index contributed by atoms with van der Waals surface area (Å²) >= 11 is 7.18.